The lowest BCUT2D eigenvalue weighted by Crippen LogP contribution is -2.42. The molecular formula is C12H20ClN3O2. The van der Waals surface area contributed by atoms with Crippen molar-refractivity contribution in [3.63, 3.8) is 0 Å². The van der Waals surface area contributed by atoms with Gasteiger partial charge in [-0.2, -0.15) is 0 Å². The SMILES string of the molecule is CCCN(C(=O)c1ncoc1C)C1CCNC1.Cl. The summed E-state index contributed by atoms with van der Waals surface area (Å²) in [6.45, 7) is 6.49. The number of carbonyl (C=O) groups excluding carboxylic acids is 1. The Bertz CT molecular complexity index is 388. The highest BCUT2D eigenvalue weighted by Gasteiger charge is 2.28. The van der Waals surface area contributed by atoms with E-state index in [9.17, 15) is 4.79 Å². The summed E-state index contributed by atoms with van der Waals surface area (Å²) >= 11 is 0. The van der Waals surface area contributed by atoms with Gasteiger partial charge in [0.2, 0.25) is 0 Å². The second-order valence-corrected chi connectivity index (χ2v) is 4.40. The fourth-order valence-corrected chi connectivity index (χ4v) is 2.24. The molecule has 1 saturated heterocycles. The molecule has 0 radical (unpaired) electrons. The van der Waals surface area contributed by atoms with Crippen LogP contribution in [0, 0.1) is 6.92 Å². The van der Waals surface area contributed by atoms with Gasteiger partial charge in [-0.15, -0.1) is 12.4 Å². The Hall–Kier alpha value is -1.07. The Morgan fingerprint density at radius 1 is 1.67 bits per heavy atom. The molecule has 18 heavy (non-hydrogen) atoms. The maximum absolute atomic E-state index is 12.4. The van der Waals surface area contributed by atoms with E-state index in [4.69, 9.17) is 4.42 Å². The molecule has 1 aromatic rings. The van der Waals surface area contributed by atoms with Crippen LogP contribution in [0.3, 0.4) is 0 Å². The summed E-state index contributed by atoms with van der Waals surface area (Å²) in [4.78, 5) is 18.3. The molecule has 1 fully saturated rings. The van der Waals surface area contributed by atoms with Crippen molar-refractivity contribution in [2.45, 2.75) is 32.7 Å². The molecule has 102 valence electrons. The molecule has 0 spiro atoms. The summed E-state index contributed by atoms with van der Waals surface area (Å²) in [5.74, 6) is 0.592. The average Bonchev–Trinajstić information content (AvgIpc) is 2.95. The largest absolute Gasteiger partial charge is 0.448 e. The molecule has 0 aliphatic carbocycles. The third-order valence-corrected chi connectivity index (χ3v) is 3.15. The molecule has 2 rings (SSSR count). The Morgan fingerprint density at radius 2 is 2.44 bits per heavy atom. The molecule has 1 N–H and O–H groups in total. The molecule has 1 aliphatic rings. The minimum Gasteiger partial charge on any atom is -0.448 e. The van der Waals surface area contributed by atoms with Crippen molar-refractivity contribution in [1.82, 2.24) is 15.2 Å². The van der Waals surface area contributed by atoms with E-state index < -0.39 is 0 Å². The highest BCUT2D eigenvalue weighted by molar-refractivity contribution is 5.93. The van der Waals surface area contributed by atoms with Gasteiger partial charge in [-0.1, -0.05) is 6.92 Å². The molecule has 2 heterocycles. The predicted molar refractivity (Wildman–Crippen MR) is 71.1 cm³/mol. The molecule has 1 aromatic heterocycles. The van der Waals surface area contributed by atoms with Gasteiger partial charge >= 0.3 is 0 Å². The molecule has 1 aliphatic heterocycles. The predicted octanol–water partition coefficient (Wildman–Crippen LogP) is 1.62. The first kappa shape index (κ1) is 15.0. The highest BCUT2D eigenvalue weighted by atomic mass is 35.5. The molecule has 1 unspecified atom stereocenters. The molecule has 0 saturated carbocycles. The first-order valence-electron chi connectivity index (χ1n) is 6.15. The van der Waals surface area contributed by atoms with Crippen LogP contribution in [-0.2, 0) is 0 Å². The monoisotopic (exact) mass is 273 g/mol. The van der Waals surface area contributed by atoms with Crippen LogP contribution in [0.4, 0.5) is 0 Å². The second-order valence-electron chi connectivity index (χ2n) is 4.40. The van der Waals surface area contributed by atoms with Crippen LogP contribution in [0.1, 0.15) is 36.0 Å². The number of hydrogen-bond donors (Lipinski definition) is 1. The van der Waals surface area contributed by atoms with E-state index in [1.165, 1.54) is 6.39 Å². The van der Waals surface area contributed by atoms with Crippen molar-refractivity contribution < 1.29 is 9.21 Å². The van der Waals surface area contributed by atoms with Gasteiger partial charge in [0, 0.05) is 19.1 Å². The minimum absolute atomic E-state index is 0. The molecule has 6 heteroatoms. The van der Waals surface area contributed by atoms with Crippen LogP contribution >= 0.6 is 12.4 Å². The third kappa shape index (κ3) is 3.03. The first-order valence-corrected chi connectivity index (χ1v) is 6.15. The lowest BCUT2D eigenvalue weighted by Gasteiger charge is -2.27. The Morgan fingerprint density at radius 3 is 2.94 bits per heavy atom. The second kappa shape index (κ2) is 6.75. The molecule has 1 amide bonds. The van der Waals surface area contributed by atoms with Gasteiger partial charge in [-0.05, 0) is 26.3 Å². The molecule has 1 atom stereocenters. The summed E-state index contributed by atoms with van der Waals surface area (Å²) in [6.07, 6.45) is 3.31. The molecule has 0 bridgehead atoms. The molecule has 0 aromatic carbocycles. The van der Waals surface area contributed by atoms with Crippen molar-refractivity contribution in [2.75, 3.05) is 19.6 Å². The number of nitrogens with one attached hydrogen (secondary N) is 1. The van der Waals surface area contributed by atoms with Crippen molar-refractivity contribution in [3.05, 3.63) is 17.8 Å². The van der Waals surface area contributed by atoms with Crippen molar-refractivity contribution in [3.8, 4) is 0 Å². The fourth-order valence-electron chi connectivity index (χ4n) is 2.24. The van der Waals surface area contributed by atoms with Gasteiger partial charge in [0.1, 0.15) is 5.76 Å². The molecule has 5 nitrogen and oxygen atoms in total. The minimum atomic E-state index is -0.00759. The van der Waals surface area contributed by atoms with E-state index >= 15 is 0 Å². The number of aromatic nitrogens is 1. The number of carbonyl (C=O) groups is 1. The highest BCUT2D eigenvalue weighted by Crippen LogP contribution is 2.15. The van der Waals surface area contributed by atoms with E-state index in [1.807, 2.05) is 4.90 Å². The van der Waals surface area contributed by atoms with E-state index in [0.29, 0.717) is 17.5 Å². The van der Waals surface area contributed by atoms with Gasteiger partial charge in [0.05, 0.1) is 0 Å². The first-order chi connectivity index (χ1) is 8.24. The van der Waals surface area contributed by atoms with Gasteiger partial charge in [-0.25, -0.2) is 4.98 Å². The Labute approximate surface area is 113 Å². The van der Waals surface area contributed by atoms with Crippen LogP contribution in [0.15, 0.2) is 10.8 Å². The van der Waals surface area contributed by atoms with Crippen LogP contribution in [-0.4, -0.2) is 41.5 Å². The normalized spacial score (nSPS) is 18.4. The van der Waals surface area contributed by atoms with Crippen LogP contribution < -0.4 is 5.32 Å². The van der Waals surface area contributed by atoms with Gasteiger partial charge in [-0.3, -0.25) is 4.79 Å². The number of nitrogens with zero attached hydrogens (tertiary/aromatic N) is 2. The third-order valence-electron chi connectivity index (χ3n) is 3.15. The lowest BCUT2D eigenvalue weighted by atomic mass is 10.2. The Kier molecular flexibility index (Phi) is 5.62. The van der Waals surface area contributed by atoms with Crippen LogP contribution in [0.2, 0.25) is 0 Å². The van der Waals surface area contributed by atoms with Crippen molar-refractivity contribution in [2.24, 2.45) is 0 Å². The van der Waals surface area contributed by atoms with Crippen molar-refractivity contribution >= 4 is 18.3 Å². The Balaban J connectivity index is 0.00000162. The zero-order valence-corrected chi connectivity index (χ0v) is 11.6. The summed E-state index contributed by atoms with van der Waals surface area (Å²) < 4.78 is 5.10. The van der Waals surface area contributed by atoms with E-state index in [-0.39, 0.29) is 18.3 Å². The summed E-state index contributed by atoms with van der Waals surface area (Å²) in [7, 11) is 0. The van der Waals surface area contributed by atoms with Crippen LogP contribution in [0.5, 0.6) is 0 Å². The lowest BCUT2D eigenvalue weighted by molar-refractivity contribution is 0.0685. The summed E-state index contributed by atoms with van der Waals surface area (Å²) in [5, 5.41) is 3.29. The fraction of sp³-hybridized carbons (Fsp3) is 0.667. The number of aryl methyl sites for hydroxylation is 1. The van der Waals surface area contributed by atoms with E-state index in [0.717, 1.165) is 32.5 Å². The summed E-state index contributed by atoms with van der Waals surface area (Å²) in [6, 6.07) is 0.290. The number of hydrogen-bond acceptors (Lipinski definition) is 4. The maximum atomic E-state index is 12.4. The van der Waals surface area contributed by atoms with Gasteiger partial charge in [0.15, 0.2) is 12.1 Å². The van der Waals surface area contributed by atoms with E-state index in [1.54, 1.807) is 6.92 Å². The topological polar surface area (TPSA) is 58.4 Å². The van der Waals surface area contributed by atoms with Gasteiger partial charge in [0.25, 0.3) is 5.91 Å². The van der Waals surface area contributed by atoms with Crippen molar-refractivity contribution in [1.29, 1.82) is 0 Å². The van der Waals surface area contributed by atoms with Gasteiger partial charge < -0.3 is 14.6 Å². The van der Waals surface area contributed by atoms with Crippen LogP contribution in [0.25, 0.3) is 0 Å². The maximum Gasteiger partial charge on any atom is 0.276 e. The zero-order chi connectivity index (χ0) is 12.3. The summed E-state index contributed by atoms with van der Waals surface area (Å²) in [5.41, 5.74) is 0.449. The molecular weight excluding hydrogens is 254 g/mol. The smallest absolute Gasteiger partial charge is 0.276 e. The zero-order valence-electron chi connectivity index (χ0n) is 10.8. The van der Waals surface area contributed by atoms with E-state index in [2.05, 4.69) is 17.2 Å². The number of halogens is 1. The standard InChI is InChI=1S/C12H19N3O2.ClH/c1-3-6-15(10-4-5-13-7-10)12(16)11-9(2)17-8-14-11;/h8,10,13H,3-7H2,1-2H3;1H. The quantitative estimate of drug-likeness (QED) is 0.906. The number of rotatable bonds is 4. The number of oxazole rings is 1. The average molecular weight is 274 g/mol. The number of amides is 1.